The number of carbonyl (C=O) groups is 1. The first-order chi connectivity index (χ1) is 16.1. The van der Waals surface area contributed by atoms with Gasteiger partial charge < -0.3 is 15.1 Å². The van der Waals surface area contributed by atoms with Gasteiger partial charge in [0.15, 0.2) is 5.69 Å². The van der Waals surface area contributed by atoms with Crippen molar-refractivity contribution >= 4 is 17.4 Å². The maximum Gasteiger partial charge on any atom is 0.330 e. The normalized spacial score (nSPS) is 11.4. The third kappa shape index (κ3) is 5.65. The van der Waals surface area contributed by atoms with Crippen molar-refractivity contribution in [3.8, 4) is 11.3 Å². The number of aryl methyl sites for hydroxylation is 1. The van der Waals surface area contributed by atoms with Gasteiger partial charge in [0.2, 0.25) is 5.91 Å². The Bertz CT molecular complexity index is 1270. The molecule has 3 aromatic rings. The molecular weight excluding hydrogens is 439 g/mol. The van der Waals surface area contributed by atoms with Crippen LogP contribution < -0.4 is 21.9 Å². The molecule has 0 saturated heterocycles. The highest BCUT2D eigenvalue weighted by atomic mass is 19.1. The van der Waals surface area contributed by atoms with Crippen LogP contribution in [0.5, 0.6) is 0 Å². The van der Waals surface area contributed by atoms with E-state index in [1.165, 1.54) is 15.5 Å². The van der Waals surface area contributed by atoms with Crippen LogP contribution in [-0.2, 0) is 17.8 Å². The lowest BCUT2D eigenvalue weighted by Gasteiger charge is -2.26. The minimum Gasteiger partial charge on any atom is -0.461 e. The molecule has 0 fully saturated rings. The van der Waals surface area contributed by atoms with E-state index in [1.54, 1.807) is 30.3 Å². The molecule has 0 aliphatic rings. The van der Waals surface area contributed by atoms with Gasteiger partial charge in [-0.2, -0.15) is 0 Å². The maximum absolute atomic E-state index is 14.0. The molecule has 0 spiro atoms. The number of anilines is 2. The first-order valence-electron chi connectivity index (χ1n) is 11.3. The van der Waals surface area contributed by atoms with Gasteiger partial charge in [0.1, 0.15) is 23.2 Å². The van der Waals surface area contributed by atoms with Crippen molar-refractivity contribution in [2.75, 3.05) is 17.2 Å². The standard InChI is InChI=1S/C25H31FN4O4/c1-15(2)13-29(22-23(27)30(14-16(3)4)25(33)28-24(22)32)21(31)12-10-17-9-11-20(34-17)18-7-5-6-8-19(18)26/h5-9,11,15-16H,10,12-14,27H2,1-4H3,(H,28,32,33). The lowest BCUT2D eigenvalue weighted by Crippen LogP contribution is -2.43. The molecule has 34 heavy (non-hydrogen) atoms. The van der Waals surface area contributed by atoms with E-state index >= 15 is 0 Å². The number of rotatable bonds is 9. The lowest BCUT2D eigenvalue weighted by molar-refractivity contribution is -0.118. The average molecular weight is 471 g/mol. The first kappa shape index (κ1) is 25.0. The van der Waals surface area contributed by atoms with E-state index < -0.39 is 17.1 Å². The van der Waals surface area contributed by atoms with E-state index in [4.69, 9.17) is 10.2 Å². The van der Waals surface area contributed by atoms with Crippen molar-refractivity contribution in [1.29, 1.82) is 0 Å². The van der Waals surface area contributed by atoms with Gasteiger partial charge in [-0.15, -0.1) is 0 Å². The molecule has 1 amide bonds. The zero-order chi connectivity index (χ0) is 25.0. The number of H-pyrrole nitrogens is 1. The highest BCUT2D eigenvalue weighted by Crippen LogP contribution is 2.26. The zero-order valence-electron chi connectivity index (χ0n) is 19.9. The van der Waals surface area contributed by atoms with Crippen LogP contribution in [0.25, 0.3) is 11.3 Å². The molecule has 0 bridgehead atoms. The molecule has 8 nitrogen and oxygen atoms in total. The van der Waals surface area contributed by atoms with Gasteiger partial charge in [0.05, 0.1) is 5.56 Å². The number of hydrogen-bond acceptors (Lipinski definition) is 5. The van der Waals surface area contributed by atoms with Crippen LogP contribution in [-0.4, -0.2) is 22.0 Å². The highest BCUT2D eigenvalue weighted by molar-refractivity contribution is 5.95. The summed E-state index contributed by atoms with van der Waals surface area (Å²) in [5.41, 5.74) is 5.25. The van der Waals surface area contributed by atoms with Gasteiger partial charge in [-0.05, 0) is 36.1 Å². The van der Waals surface area contributed by atoms with E-state index in [2.05, 4.69) is 4.98 Å². The second-order valence-corrected chi connectivity index (χ2v) is 9.14. The van der Waals surface area contributed by atoms with Crippen molar-refractivity contribution in [2.24, 2.45) is 11.8 Å². The van der Waals surface area contributed by atoms with Crippen LogP contribution >= 0.6 is 0 Å². The zero-order valence-corrected chi connectivity index (χ0v) is 19.9. The van der Waals surface area contributed by atoms with E-state index in [0.717, 1.165) is 0 Å². The van der Waals surface area contributed by atoms with Crippen LogP contribution in [0.15, 0.2) is 50.4 Å². The Morgan fingerprint density at radius 1 is 1.12 bits per heavy atom. The molecule has 9 heteroatoms. The van der Waals surface area contributed by atoms with Crippen molar-refractivity contribution < 1.29 is 13.6 Å². The minimum absolute atomic E-state index is 0.0227. The number of carbonyl (C=O) groups excluding carboxylic acids is 1. The number of aromatic amines is 1. The smallest absolute Gasteiger partial charge is 0.330 e. The topological polar surface area (TPSA) is 114 Å². The Labute approximate surface area is 197 Å². The Morgan fingerprint density at radius 2 is 1.82 bits per heavy atom. The number of nitrogens with zero attached hydrogens (tertiary/aromatic N) is 2. The summed E-state index contributed by atoms with van der Waals surface area (Å²) in [4.78, 5) is 41.9. The summed E-state index contributed by atoms with van der Waals surface area (Å²) in [6.45, 7) is 8.25. The van der Waals surface area contributed by atoms with E-state index in [-0.39, 0.29) is 48.6 Å². The predicted molar refractivity (Wildman–Crippen MR) is 130 cm³/mol. The van der Waals surface area contributed by atoms with Crippen LogP contribution in [0.4, 0.5) is 15.9 Å². The van der Waals surface area contributed by atoms with Crippen molar-refractivity contribution in [3.05, 3.63) is 68.8 Å². The van der Waals surface area contributed by atoms with Crippen molar-refractivity contribution in [2.45, 2.75) is 47.1 Å². The van der Waals surface area contributed by atoms with Crippen LogP contribution in [0, 0.1) is 17.7 Å². The average Bonchev–Trinajstić information content (AvgIpc) is 3.23. The predicted octanol–water partition coefficient (Wildman–Crippen LogP) is 3.80. The molecule has 0 radical (unpaired) electrons. The number of furan rings is 1. The third-order valence-corrected chi connectivity index (χ3v) is 5.27. The monoisotopic (exact) mass is 470 g/mol. The molecule has 2 aromatic heterocycles. The second kappa shape index (κ2) is 10.5. The number of halogens is 1. The van der Waals surface area contributed by atoms with Gasteiger partial charge in [0, 0.05) is 25.9 Å². The van der Waals surface area contributed by atoms with Gasteiger partial charge >= 0.3 is 5.69 Å². The summed E-state index contributed by atoms with van der Waals surface area (Å²) in [5, 5.41) is 0. The largest absolute Gasteiger partial charge is 0.461 e. The van der Waals surface area contributed by atoms with E-state index in [9.17, 15) is 18.8 Å². The fourth-order valence-electron chi connectivity index (χ4n) is 3.75. The maximum atomic E-state index is 14.0. The molecular formula is C25H31FN4O4. The quantitative estimate of drug-likeness (QED) is 0.494. The number of hydrogen-bond donors (Lipinski definition) is 2. The molecule has 182 valence electrons. The SMILES string of the molecule is CC(C)CN(C(=O)CCc1ccc(-c2ccccc2F)o1)c1c(N)n(CC(C)C)c(=O)[nH]c1=O. The molecule has 0 aliphatic heterocycles. The highest BCUT2D eigenvalue weighted by Gasteiger charge is 2.25. The van der Waals surface area contributed by atoms with Crippen LogP contribution in [0.2, 0.25) is 0 Å². The Kier molecular flexibility index (Phi) is 7.75. The molecule has 2 heterocycles. The molecule has 0 saturated carbocycles. The number of benzene rings is 1. The van der Waals surface area contributed by atoms with Gasteiger partial charge in [-0.1, -0.05) is 39.8 Å². The van der Waals surface area contributed by atoms with E-state index in [1.807, 2.05) is 27.7 Å². The summed E-state index contributed by atoms with van der Waals surface area (Å²) < 4.78 is 21.1. The lowest BCUT2D eigenvalue weighted by atomic mass is 10.1. The number of aromatic nitrogens is 2. The molecule has 3 N–H and O–H groups in total. The summed E-state index contributed by atoms with van der Waals surface area (Å²) in [6.07, 6.45) is 0.296. The minimum atomic E-state index is -0.698. The summed E-state index contributed by atoms with van der Waals surface area (Å²) >= 11 is 0. The van der Waals surface area contributed by atoms with Crippen LogP contribution in [0.1, 0.15) is 39.9 Å². The summed E-state index contributed by atoms with van der Waals surface area (Å²) in [5.74, 6) is 0.290. The molecule has 0 aliphatic carbocycles. The Balaban J connectivity index is 1.86. The summed E-state index contributed by atoms with van der Waals surface area (Å²) in [6, 6.07) is 9.65. The molecule has 1 aromatic carbocycles. The number of nitrogens with one attached hydrogen (secondary N) is 1. The van der Waals surface area contributed by atoms with Crippen LogP contribution in [0.3, 0.4) is 0 Å². The molecule has 3 rings (SSSR count). The van der Waals surface area contributed by atoms with Gasteiger partial charge in [-0.25, -0.2) is 9.18 Å². The number of amides is 1. The van der Waals surface area contributed by atoms with Gasteiger partial charge in [0.25, 0.3) is 5.56 Å². The van der Waals surface area contributed by atoms with E-state index in [0.29, 0.717) is 23.6 Å². The summed E-state index contributed by atoms with van der Waals surface area (Å²) in [7, 11) is 0. The fraction of sp³-hybridized carbons (Fsp3) is 0.400. The van der Waals surface area contributed by atoms with Crippen molar-refractivity contribution in [3.63, 3.8) is 0 Å². The second-order valence-electron chi connectivity index (χ2n) is 9.14. The third-order valence-electron chi connectivity index (χ3n) is 5.27. The van der Waals surface area contributed by atoms with Crippen molar-refractivity contribution in [1.82, 2.24) is 9.55 Å². The molecule has 0 unspecified atom stereocenters. The van der Waals surface area contributed by atoms with Gasteiger partial charge in [-0.3, -0.25) is 19.1 Å². The Hall–Kier alpha value is -3.62. The Morgan fingerprint density at radius 3 is 2.47 bits per heavy atom. The number of nitrogens with two attached hydrogens (primary N) is 1. The fourth-order valence-corrected chi connectivity index (χ4v) is 3.75. The molecule has 0 atom stereocenters. The first-order valence-corrected chi connectivity index (χ1v) is 11.3. The number of nitrogen functional groups attached to an aromatic ring is 1.